The van der Waals surface area contributed by atoms with Gasteiger partial charge < -0.3 is 9.67 Å². The van der Waals surface area contributed by atoms with Crippen molar-refractivity contribution in [3.8, 4) is 0 Å². The van der Waals surface area contributed by atoms with Crippen molar-refractivity contribution in [1.82, 2.24) is 14.3 Å². The fourth-order valence-electron chi connectivity index (χ4n) is 1.40. The number of nitrogens with one attached hydrogen (secondary N) is 1. The smallest absolute Gasteiger partial charge is 0.259 e. The maximum atomic E-state index is 11.7. The maximum absolute atomic E-state index is 11.7. The molecule has 98 valence electrons. The van der Waals surface area contributed by atoms with Crippen molar-refractivity contribution in [1.29, 1.82) is 0 Å². The molecule has 0 aliphatic carbocycles. The highest BCUT2D eigenvalue weighted by Crippen LogP contribution is 2.04. The normalized spacial score (nSPS) is 11.9. The monoisotopic (exact) mass is 261 g/mol. The molecule has 0 saturated carbocycles. The Morgan fingerprint density at radius 1 is 1.35 bits per heavy atom. The molecule has 17 heavy (non-hydrogen) atoms. The van der Waals surface area contributed by atoms with Crippen LogP contribution in [-0.4, -0.2) is 36.2 Å². The molecule has 6 nitrogen and oxygen atoms in total. The Morgan fingerprint density at radius 2 is 2.06 bits per heavy atom. The predicted molar refractivity (Wildman–Crippen MR) is 64.0 cm³/mol. The van der Waals surface area contributed by atoms with Gasteiger partial charge in [-0.25, -0.2) is 18.1 Å². The van der Waals surface area contributed by atoms with E-state index in [4.69, 9.17) is 5.11 Å². The summed E-state index contributed by atoms with van der Waals surface area (Å²) in [5.41, 5.74) is 0. The molecule has 0 aromatic carbocycles. The van der Waals surface area contributed by atoms with E-state index < -0.39 is 10.0 Å². The van der Waals surface area contributed by atoms with Gasteiger partial charge in [0.25, 0.3) is 10.0 Å². The minimum absolute atomic E-state index is 0.0513. The van der Waals surface area contributed by atoms with Gasteiger partial charge in [-0.2, -0.15) is 0 Å². The number of unbranched alkanes of at least 4 members (excludes halogenated alkanes) is 3. The van der Waals surface area contributed by atoms with E-state index in [2.05, 4.69) is 9.71 Å². The second-order valence-corrected chi connectivity index (χ2v) is 5.63. The van der Waals surface area contributed by atoms with E-state index in [-0.39, 0.29) is 11.6 Å². The van der Waals surface area contributed by atoms with Gasteiger partial charge in [0.2, 0.25) is 0 Å². The Labute approximate surface area is 102 Å². The van der Waals surface area contributed by atoms with E-state index in [1.54, 1.807) is 11.6 Å². The molecule has 0 atom stereocenters. The van der Waals surface area contributed by atoms with E-state index in [1.165, 1.54) is 12.5 Å². The summed E-state index contributed by atoms with van der Waals surface area (Å²) in [7, 11) is -1.74. The number of aryl methyl sites for hydroxylation is 1. The predicted octanol–water partition coefficient (Wildman–Crippen LogP) is 0.251. The van der Waals surface area contributed by atoms with E-state index in [1.807, 2.05) is 0 Å². The van der Waals surface area contributed by atoms with Crippen LogP contribution in [0.4, 0.5) is 0 Å². The Hall–Kier alpha value is -0.920. The van der Waals surface area contributed by atoms with Gasteiger partial charge in [0.1, 0.15) is 0 Å². The standard InChI is InChI=1S/C10H19N3O3S/c1-13-8-10(11-9-13)17(15,16)12-6-4-2-3-5-7-14/h8-9,12,14H,2-7H2,1H3. The molecule has 1 aromatic rings. The topological polar surface area (TPSA) is 84.2 Å². The lowest BCUT2D eigenvalue weighted by atomic mass is 10.2. The molecule has 0 amide bonds. The molecule has 0 fully saturated rings. The molecule has 1 heterocycles. The molecule has 2 N–H and O–H groups in total. The molecule has 1 rings (SSSR count). The first-order chi connectivity index (χ1) is 8.06. The molecule has 0 spiro atoms. The van der Waals surface area contributed by atoms with Crippen LogP contribution in [0.3, 0.4) is 0 Å². The fraction of sp³-hybridized carbons (Fsp3) is 0.700. The number of nitrogens with zero attached hydrogens (tertiary/aromatic N) is 2. The number of aromatic nitrogens is 2. The molecule has 1 aromatic heterocycles. The van der Waals surface area contributed by atoms with Crippen molar-refractivity contribution >= 4 is 10.0 Å². The minimum atomic E-state index is -3.46. The average Bonchev–Trinajstić information content (AvgIpc) is 2.71. The van der Waals surface area contributed by atoms with Crippen LogP contribution in [0.5, 0.6) is 0 Å². The van der Waals surface area contributed by atoms with Crippen LogP contribution in [0, 0.1) is 0 Å². The van der Waals surface area contributed by atoms with Gasteiger partial charge in [-0.3, -0.25) is 0 Å². The van der Waals surface area contributed by atoms with Crippen molar-refractivity contribution in [3.05, 3.63) is 12.5 Å². The second-order valence-electron chi connectivity index (χ2n) is 3.91. The summed E-state index contributed by atoms with van der Waals surface area (Å²) in [4.78, 5) is 3.80. The van der Waals surface area contributed by atoms with Gasteiger partial charge >= 0.3 is 0 Å². The quantitative estimate of drug-likeness (QED) is 0.657. The van der Waals surface area contributed by atoms with Crippen molar-refractivity contribution in [2.45, 2.75) is 30.7 Å². The summed E-state index contributed by atoms with van der Waals surface area (Å²) in [6, 6.07) is 0. The lowest BCUT2D eigenvalue weighted by Crippen LogP contribution is -2.25. The van der Waals surface area contributed by atoms with Gasteiger partial charge in [-0.15, -0.1) is 0 Å². The summed E-state index contributed by atoms with van der Waals surface area (Å²) in [5, 5.41) is 8.63. The number of aliphatic hydroxyl groups excluding tert-OH is 1. The molecular formula is C10H19N3O3S. The molecule has 0 bridgehead atoms. The Kier molecular flexibility index (Phi) is 5.60. The van der Waals surface area contributed by atoms with Gasteiger partial charge in [0, 0.05) is 26.4 Å². The average molecular weight is 261 g/mol. The number of hydrogen-bond acceptors (Lipinski definition) is 4. The number of sulfonamides is 1. The van der Waals surface area contributed by atoms with Crippen LogP contribution in [0.2, 0.25) is 0 Å². The van der Waals surface area contributed by atoms with Crippen LogP contribution in [0.25, 0.3) is 0 Å². The summed E-state index contributed by atoms with van der Waals surface area (Å²) >= 11 is 0. The minimum Gasteiger partial charge on any atom is -0.396 e. The largest absolute Gasteiger partial charge is 0.396 e. The molecule has 0 aliphatic heterocycles. The van der Waals surface area contributed by atoms with Gasteiger partial charge in [-0.1, -0.05) is 12.8 Å². The molecule has 0 radical (unpaired) electrons. The zero-order chi connectivity index (χ0) is 12.7. The molecule has 0 aliphatic rings. The first-order valence-corrected chi connectivity index (χ1v) is 7.13. The third kappa shape index (κ3) is 4.84. The molecule has 7 heteroatoms. The first-order valence-electron chi connectivity index (χ1n) is 5.65. The Balaban J connectivity index is 2.31. The van der Waals surface area contributed by atoms with Crippen LogP contribution in [0.15, 0.2) is 17.6 Å². The molecular weight excluding hydrogens is 242 g/mol. The van der Waals surface area contributed by atoms with E-state index >= 15 is 0 Å². The van der Waals surface area contributed by atoms with Crippen LogP contribution in [-0.2, 0) is 17.1 Å². The number of hydrogen-bond donors (Lipinski definition) is 2. The highest BCUT2D eigenvalue weighted by Gasteiger charge is 2.15. The van der Waals surface area contributed by atoms with Gasteiger partial charge in [0.05, 0.1) is 6.33 Å². The van der Waals surface area contributed by atoms with Crippen LogP contribution < -0.4 is 4.72 Å². The number of imidazole rings is 1. The summed E-state index contributed by atoms with van der Waals surface area (Å²) in [6.45, 7) is 0.601. The van der Waals surface area contributed by atoms with Gasteiger partial charge in [0.15, 0.2) is 5.03 Å². The van der Waals surface area contributed by atoms with E-state index in [0.717, 1.165) is 25.7 Å². The molecule has 0 unspecified atom stereocenters. The van der Waals surface area contributed by atoms with E-state index in [0.29, 0.717) is 6.54 Å². The van der Waals surface area contributed by atoms with Crippen molar-refractivity contribution in [3.63, 3.8) is 0 Å². The van der Waals surface area contributed by atoms with Crippen molar-refractivity contribution in [2.75, 3.05) is 13.2 Å². The number of aliphatic hydroxyl groups is 1. The van der Waals surface area contributed by atoms with Gasteiger partial charge in [-0.05, 0) is 12.8 Å². The lowest BCUT2D eigenvalue weighted by molar-refractivity contribution is 0.282. The Morgan fingerprint density at radius 3 is 2.65 bits per heavy atom. The SMILES string of the molecule is Cn1cnc(S(=O)(=O)NCCCCCCO)c1. The summed E-state index contributed by atoms with van der Waals surface area (Å²) < 4.78 is 27.5. The summed E-state index contributed by atoms with van der Waals surface area (Å²) in [6.07, 6.45) is 6.29. The zero-order valence-corrected chi connectivity index (χ0v) is 10.8. The van der Waals surface area contributed by atoms with E-state index in [9.17, 15) is 8.42 Å². The first kappa shape index (κ1) is 14.1. The second kappa shape index (κ2) is 6.73. The number of rotatable bonds is 8. The lowest BCUT2D eigenvalue weighted by Gasteiger charge is -2.03. The van der Waals surface area contributed by atoms with Crippen LogP contribution in [0.1, 0.15) is 25.7 Å². The van der Waals surface area contributed by atoms with Crippen LogP contribution >= 0.6 is 0 Å². The van der Waals surface area contributed by atoms with Crippen molar-refractivity contribution < 1.29 is 13.5 Å². The summed E-state index contributed by atoms with van der Waals surface area (Å²) in [5.74, 6) is 0. The third-order valence-corrected chi connectivity index (χ3v) is 3.68. The molecule has 0 saturated heterocycles. The van der Waals surface area contributed by atoms with Crippen molar-refractivity contribution in [2.24, 2.45) is 7.05 Å². The highest BCUT2D eigenvalue weighted by atomic mass is 32.2. The maximum Gasteiger partial charge on any atom is 0.259 e. The fourth-order valence-corrected chi connectivity index (χ4v) is 2.45. The zero-order valence-electron chi connectivity index (χ0n) is 9.96. The third-order valence-electron chi connectivity index (χ3n) is 2.33. The highest BCUT2D eigenvalue weighted by molar-refractivity contribution is 7.89. The Bertz CT molecular complexity index is 428.